The fourth-order valence-corrected chi connectivity index (χ4v) is 2.90. The van der Waals surface area contributed by atoms with Gasteiger partial charge < -0.3 is 10.1 Å². The highest BCUT2D eigenvalue weighted by Crippen LogP contribution is 2.32. The van der Waals surface area contributed by atoms with Gasteiger partial charge in [0.1, 0.15) is 5.75 Å². The molecule has 1 unspecified atom stereocenters. The molecule has 1 atom stereocenters. The molecule has 1 aliphatic rings. The number of nitrogens with one attached hydrogen (secondary N) is 1. The van der Waals surface area contributed by atoms with Gasteiger partial charge in [0.25, 0.3) is 0 Å². The average molecular weight is 261 g/mol. The lowest BCUT2D eigenvalue weighted by molar-refractivity contribution is 0.318. The molecule has 0 aromatic heterocycles. The quantitative estimate of drug-likeness (QED) is 0.796. The minimum absolute atomic E-state index is 0.536. The van der Waals surface area contributed by atoms with E-state index in [0.717, 1.165) is 30.4 Å². The van der Waals surface area contributed by atoms with E-state index in [1.165, 1.54) is 31.2 Å². The Bertz CT molecular complexity index is 396. The summed E-state index contributed by atoms with van der Waals surface area (Å²) >= 11 is 0. The Morgan fingerprint density at radius 1 is 1.32 bits per heavy atom. The van der Waals surface area contributed by atoms with Crippen molar-refractivity contribution in [2.75, 3.05) is 11.9 Å². The topological polar surface area (TPSA) is 21.3 Å². The van der Waals surface area contributed by atoms with Crippen LogP contribution in [0.25, 0.3) is 0 Å². The molecule has 1 aromatic rings. The third-order valence-electron chi connectivity index (χ3n) is 4.09. The molecule has 0 radical (unpaired) electrons. The van der Waals surface area contributed by atoms with Crippen LogP contribution in [0.1, 0.15) is 51.5 Å². The molecule has 2 rings (SSSR count). The lowest BCUT2D eigenvalue weighted by Crippen LogP contribution is -2.24. The zero-order chi connectivity index (χ0) is 13.7. The summed E-state index contributed by atoms with van der Waals surface area (Å²) in [6.07, 6.45) is 6.56. The number of ether oxygens (including phenoxy) is 1. The number of hydrogen-bond acceptors (Lipinski definition) is 2. The van der Waals surface area contributed by atoms with Gasteiger partial charge in [0.05, 0.1) is 12.3 Å². The van der Waals surface area contributed by atoms with E-state index in [0.29, 0.717) is 6.04 Å². The maximum absolute atomic E-state index is 5.87. The molecule has 0 heterocycles. The lowest BCUT2D eigenvalue weighted by Gasteiger charge is -2.23. The van der Waals surface area contributed by atoms with Crippen LogP contribution in [0.4, 0.5) is 5.69 Å². The normalized spacial score (nSPS) is 17.4. The molecule has 1 aliphatic carbocycles. The first-order valence-electron chi connectivity index (χ1n) is 7.70. The van der Waals surface area contributed by atoms with Crippen molar-refractivity contribution in [2.45, 2.75) is 58.9 Å². The summed E-state index contributed by atoms with van der Waals surface area (Å²) in [7, 11) is 0. The third kappa shape index (κ3) is 3.89. The van der Waals surface area contributed by atoms with Crippen molar-refractivity contribution in [3.8, 4) is 5.75 Å². The van der Waals surface area contributed by atoms with Crippen LogP contribution in [0.3, 0.4) is 0 Å². The van der Waals surface area contributed by atoms with Gasteiger partial charge in [0, 0.05) is 6.04 Å². The molecule has 1 saturated carbocycles. The fourth-order valence-electron chi connectivity index (χ4n) is 2.90. The predicted molar refractivity (Wildman–Crippen MR) is 82.0 cm³/mol. The average Bonchev–Trinajstić information content (AvgIpc) is 2.93. The highest BCUT2D eigenvalue weighted by Gasteiger charge is 2.22. The van der Waals surface area contributed by atoms with E-state index in [9.17, 15) is 0 Å². The zero-order valence-corrected chi connectivity index (χ0v) is 12.5. The minimum Gasteiger partial charge on any atom is -0.491 e. The third-order valence-corrected chi connectivity index (χ3v) is 4.09. The molecule has 1 N–H and O–H groups in total. The standard InChI is InChI=1S/C17H27NO/c1-4-11-19-17-12-13(2)9-10-16(17)18-14(3)15-7-5-6-8-15/h9-10,12,14-15,18H,4-8,11H2,1-3H3. The summed E-state index contributed by atoms with van der Waals surface area (Å²) in [5.41, 5.74) is 2.41. The molecular weight excluding hydrogens is 234 g/mol. The zero-order valence-electron chi connectivity index (χ0n) is 12.5. The first kappa shape index (κ1) is 14.2. The second kappa shape index (κ2) is 6.83. The van der Waals surface area contributed by atoms with Crippen molar-refractivity contribution in [2.24, 2.45) is 5.92 Å². The van der Waals surface area contributed by atoms with Crippen LogP contribution in [-0.4, -0.2) is 12.6 Å². The molecule has 1 aromatic carbocycles. The second-order valence-corrected chi connectivity index (χ2v) is 5.83. The molecular formula is C17H27NO. The van der Waals surface area contributed by atoms with E-state index >= 15 is 0 Å². The van der Waals surface area contributed by atoms with Gasteiger partial charge in [-0.25, -0.2) is 0 Å². The van der Waals surface area contributed by atoms with Crippen molar-refractivity contribution in [3.05, 3.63) is 23.8 Å². The van der Waals surface area contributed by atoms with Crippen LogP contribution in [0, 0.1) is 12.8 Å². The molecule has 0 aliphatic heterocycles. The number of aryl methyl sites for hydroxylation is 1. The van der Waals surface area contributed by atoms with Crippen molar-refractivity contribution in [1.82, 2.24) is 0 Å². The minimum atomic E-state index is 0.536. The van der Waals surface area contributed by atoms with Crippen molar-refractivity contribution >= 4 is 5.69 Å². The van der Waals surface area contributed by atoms with Crippen LogP contribution in [-0.2, 0) is 0 Å². The SMILES string of the molecule is CCCOc1cc(C)ccc1NC(C)C1CCCC1. The van der Waals surface area contributed by atoms with Crippen molar-refractivity contribution in [3.63, 3.8) is 0 Å². The number of hydrogen-bond donors (Lipinski definition) is 1. The molecule has 0 amide bonds. The lowest BCUT2D eigenvalue weighted by atomic mass is 9.99. The Morgan fingerprint density at radius 3 is 2.74 bits per heavy atom. The van der Waals surface area contributed by atoms with Gasteiger partial charge in [0.15, 0.2) is 0 Å². The maximum atomic E-state index is 5.87. The van der Waals surface area contributed by atoms with Gasteiger partial charge in [-0.05, 0) is 56.7 Å². The largest absolute Gasteiger partial charge is 0.491 e. The first-order chi connectivity index (χ1) is 9.20. The van der Waals surface area contributed by atoms with Crippen LogP contribution in [0.2, 0.25) is 0 Å². The molecule has 0 spiro atoms. The molecule has 2 heteroatoms. The van der Waals surface area contributed by atoms with E-state index in [2.05, 4.69) is 44.3 Å². The summed E-state index contributed by atoms with van der Waals surface area (Å²) in [4.78, 5) is 0. The van der Waals surface area contributed by atoms with E-state index in [1.54, 1.807) is 0 Å². The Morgan fingerprint density at radius 2 is 2.05 bits per heavy atom. The molecule has 19 heavy (non-hydrogen) atoms. The van der Waals surface area contributed by atoms with Gasteiger partial charge >= 0.3 is 0 Å². The highest BCUT2D eigenvalue weighted by atomic mass is 16.5. The molecule has 0 saturated heterocycles. The number of benzene rings is 1. The van der Waals surface area contributed by atoms with Crippen LogP contribution in [0.15, 0.2) is 18.2 Å². The summed E-state index contributed by atoms with van der Waals surface area (Å²) in [5.74, 6) is 1.83. The monoisotopic (exact) mass is 261 g/mol. The van der Waals surface area contributed by atoms with E-state index < -0.39 is 0 Å². The molecule has 2 nitrogen and oxygen atoms in total. The van der Waals surface area contributed by atoms with Gasteiger partial charge in [-0.15, -0.1) is 0 Å². The predicted octanol–water partition coefficient (Wildman–Crippen LogP) is 4.77. The summed E-state index contributed by atoms with van der Waals surface area (Å²) in [6.45, 7) is 7.35. The Labute approximate surface area is 117 Å². The van der Waals surface area contributed by atoms with Crippen molar-refractivity contribution in [1.29, 1.82) is 0 Å². The second-order valence-electron chi connectivity index (χ2n) is 5.83. The van der Waals surface area contributed by atoms with Crippen LogP contribution in [0.5, 0.6) is 5.75 Å². The van der Waals surface area contributed by atoms with E-state index in [1.807, 2.05) is 0 Å². The Hall–Kier alpha value is -1.18. The highest BCUT2D eigenvalue weighted by molar-refractivity contribution is 5.58. The first-order valence-corrected chi connectivity index (χ1v) is 7.70. The molecule has 106 valence electrons. The summed E-state index contributed by atoms with van der Waals surface area (Å²) in [6, 6.07) is 6.99. The van der Waals surface area contributed by atoms with E-state index in [-0.39, 0.29) is 0 Å². The Balaban J connectivity index is 2.05. The van der Waals surface area contributed by atoms with Crippen LogP contribution >= 0.6 is 0 Å². The summed E-state index contributed by atoms with van der Waals surface area (Å²) in [5, 5.41) is 3.66. The van der Waals surface area contributed by atoms with Crippen molar-refractivity contribution < 1.29 is 4.74 Å². The van der Waals surface area contributed by atoms with Gasteiger partial charge in [-0.1, -0.05) is 25.8 Å². The smallest absolute Gasteiger partial charge is 0.142 e. The summed E-state index contributed by atoms with van der Waals surface area (Å²) < 4.78 is 5.87. The Kier molecular flexibility index (Phi) is 5.12. The van der Waals surface area contributed by atoms with E-state index in [4.69, 9.17) is 4.74 Å². The maximum Gasteiger partial charge on any atom is 0.142 e. The fraction of sp³-hybridized carbons (Fsp3) is 0.647. The van der Waals surface area contributed by atoms with Crippen LogP contribution < -0.4 is 10.1 Å². The van der Waals surface area contributed by atoms with Gasteiger partial charge in [-0.3, -0.25) is 0 Å². The number of anilines is 1. The van der Waals surface area contributed by atoms with Gasteiger partial charge in [0.2, 0.25) is 0 Å². The molecule has 1 fully saturated rings. The molecule has 0 bridgehead atoms. The number of rotatable bonds is 6. The van der Waals surface area contributed by atoms with Gasteiger partial charge in [-0.2, -0.15) is 0 Å².